The number of nitrogens with zero attached hydrogens (tertiary/aromatic N) is 2. The second-order valence-electron chi connectivity index (χ2n) is 6.49. The molecular weight excluding hydrogens is 368 g/mol. The summed E-state index contributed by atoms with van der Waals surface area (Å²) in [5, 5.41) is 22.2. The van der Waals surface area contributed by atoms with Crippen molar-refractivity contribution in [2.24, 2.45) is 0 Å². The van der Waals surface area contributed by atoms with E-state index in [-0.39, 0.29) is 6.54 Å². The zero-order valence-electron chi connectivity index (χ0n) is 15.5. The first kappa shape index (κ1) is 19.6. The van der Waals surface area contributed by atoms with Crippen LogP contribution in [0, 0.1) is 11.3 Å². The normalized spacial score (nSPS) is 11.4. The van der Waals surface area contributed by atoms with Gasteiger partial charge < -0.3 is 5.11 Å². The molecule has 4 nitrogen and oxygen atoms in total. The van der Waals surface area contributed by atoms with E-state index in [1.165, 1.54) is 0 Å². The number of carboxylic acid groups (broad SMARTS) is 1. The Morgan fingerprint density at radius 1 is 1.14 bits per heavy atom. The molecule has 140 valence electrons. The molecule has 3 rings (SSSR count). The highest BCUT2D eigenvalue weighted by molar-refractivity contribution is 7.08. The van der Waals surface area contributed by atoms with Crippen molar-refractivity contribution in [3.8, 4) is 17.2 Å². The first-order valence-electron chi connectivity index (χ1n) is 8.81. The number of thiophene rings is 1. The summed E-state index contributed by atoms with van der Waals surface area (Å²) in [6.45, 7) is 0.547. The summed E-state index contributed by atoms with van der Waals surface area (Å²) < 4.78 is 0. The molecule has 28 heavy (non-hydrogen) atoms. The quantitative estimate of drug-likeness (QED) is 0.635. The van der Waals surface area contributed by atoms with Crippen LogP contribution in [0.3, 0.4) is 0 Å². The predicted molar refractivity (Wildman–Crippen MR) is 113 cm³/mol. The van der Waals surface area contributed by atoms with Gasteiger partial charge in [0, 0.05) is 6.54 Å². The van der Waals surface area contributed by atoms with Crippen molar-refractivity contribution in [2.45, 2.75) is 0 Å². The molecule has 2 aromatic carbocycles. The molecular formula is C23H20N2O2S. The van der Waals surface area contributed by atoms with Crippen LogP contribution in [0.2, 0.25) is 0 Å². The molecule has 0 saturated carbocycles. The van der Waals surface area contributed by atoms with Gasteiger partial charge in [-0.3, -0.25) is 9.69 Å². The van der Waals surface area contributed by atoms with Gasteiger partial charge in [-0.2, -0.15) is 16.6 Å². The number of benzene rings is 2. The lowest BCUT2D eigenvalue weighted by molar-refractivity contribution is -0.137. The number of likely N-dealkylation sites (N-methyl/N-ethyl adjacent to an activating group) is 1. The van der Waals surface area contributed by atoms with Gasteiger partial charge >= 0.3 is 5.97 Å². The molecule has 0 unspecified atom stereocenters. The van der Waals surface area contributed by atoms with Gasteiger partial charge in [-0.1, -0.05) is 42.5 Å². The Balaban J connectivity index is 1.88. The van der Waals surface area contributed by atoms with Crippen LogP contribution in [0.4, 0.5) is 0 Å². The lowest BCUT2D eigenvalue weighted by Crippen LogP contribution is -2.25. The van der Waals surface area contributed by atoms with Crippen molar-refractivity contribution in [1.29, 1.82) is 5.26 Å². The largest absolute Gasteiger partial charge is 0.480 e. The van der Waals surface area contributed by atoms with E-state index in [9.17, 15) is 4.79 Å². The molecule has 0 spiro atoms. The molecule has 0 atom stereocenters. The van der Waals surface area contributed by atoms with Crippen LogP contribution in [0.5, 0.6) is 0 Å². The molecule has 1 heterocycles. The summed E-state index contributed by atoms with van der Waals surface area (Å²) in [5.41, 5.74) is 5.97. The van der Waals surface area contributed by atoms with Gasteiger partial charge in [-0.25, -0.2) is 0 Å². The number of carbonyl (C=O) groups is 1. The fraction of sp³-hybridized carbons (Fsp3) is 0.130. The summed E-state index contributed by atoms with van der Waals surface area (Å²) in [4.78, 5) is 12.7. The Kier molecular flexibility index (Phi) is 6.38. The fourth-order valence-corrected chi connectivity index (χ4v) is 3.63. The monoisotopic (exact) mass is 388 g/mol. The smallest absolute Gasteiger partial charge is 0.317 e. The molecule has 0 aliphatic rings. The zero-order valence-corrected chi connectivity index (χ0v) is 16.3. The van der Waals surface area contributed by atoms with Crippen LogP contribution in [0.1, 0.15) is 16.7 Å². The Hall–Kier alpha value is -3.20. The fourth-order valence-electron chi connectivity index (χ4n) is 2.97. The maximum Gasteiger partial charge on any atom is 0.317 e. The van der Waals surface area contributed by atoms with Crippen LogP contribution >= 0.6 is 11.3 Å². The maximum atomic E-state index is 10.9. The van der Waals surface area contributed by atoms with Crippen molar-refractivity contribution in [2.75, 3.05) is 20.1 Å². The van der Waals surface area contributed by atoms with E-state index < -0.39 is 5.97 Å². The van der Waals surface area contributed by atoms with Gasteiger partial charge in [-0.15, -0.1) is 0 Å². The minimum absolute atomic E-state index is 0.00158. The highest BCUT2D eigenvalue weighted by Crippen LogP contribution is 2.28. The molecule has 0 amide bonds. The van der Waals surface area contributed by atoms with Gasteiger partial charge in [0.05, 0.1) is 18.2 Å². The van der Waals surface area contributed by atoms with E-state index in [4.69, 9.17) is 10.4 Å². The Morgan fingerprint density at radius 3 is 2.57 bits per heavy atom. The molecule has 5 heteroatoms. The summed E-state index contributed by atoms with van der Waals surface area (Å²) in [5.74, 6) is -0.836. The number of aliphatic carboxylic acids is 1. The third kappa shape index (κ3) is 4.95. The molecule has 0 aliphatic carbocycles. The molecule has 1 aromatic heterocycles. The minimum Gasteiger partial charge on any atom is -0.480 e. The van der Waals surface area contributed by atoms with Crippen LogP contribution in [-0.4, -0.2) is 36.1 Å². The first-order valence-corrected chi connectivity index (χ1v) is 9.75. The Morgan fingerprint density at radius 2 is 1.93 bits per heavy atom. The standard InChI is InChI=1S/C23H20N2O2S/c1-25(15-23(26)27)11-9-22(21-10-12-28-16-21)19-7-5-18(6-8-19)20-4-2-3-17(13-20)14-24/h2-10,12-13,16H,11,15H2,1H3,(H,26,27). The molecule has 0 saturated heterocycles. The summed E-state index contributed by atoms with van der Waals surface area (Å²) in [7, 11) is 1.79. The van der Waals surface area contributed by atoms with Gasteiger partial charge in [-0.05, 0) is 63.8 Å². The molecule has 0 aliphatic heterocycles. The second-order valence-corrected chi connectivity index (χ2v) is 7.27. The highest BCUT2D eigenvalue weighted by atomic mass is 32.1. The Bertz CT molecular complexity index is 1020. The van der Waals surface area contributed by atoms with E-state index in [1.54, 1.807) is 29.4 Å². The average Bonchev–Trinajstić information content (AvgIpc) is 3.22. The second kappa shape index (κ2) is 9.14. The topological polar surface area (TPSA) is 64.3 Å². The van der Waals surface area contributed by atoms with Crippen molar-refractivity contribution >= 4 is 22.9 Å². The van der Waals surface area contributed by atoms with E-state index in [0.717, 1.165) is 27.8 Å². The van der Waals surface area contributed by atoms with Crippen molar-refractivity contribution in [3.63, 3.8) is 0 Å². The molecule has 0 radical (unpaired) electrons. The average molecular weight is 388 g/mol. The van der Waals surface area contributed by atoms with Crippen LogP contribution in [0.15, 0.2) is 71.4 Å². The number of nitriles is 1. The maximum absolute atomic E-state index is 10.9. The molecule has 0 bridgehead atoms. The minimum atomic E-state index is -0.836. The van der Waals surface area contributed by atoms with Gasteiger partial charge in [0.15, 0.2) is 0 Å². The van der Waals surface area contributed by atoms with Crippen molar-refractivity contribution in [1.82, 2.24) is 4.90 Å². The SMILES string of the molecule is CN(CC=C(c1ccc(-c2cccc(C#N)c2)cc1)c1ccsc1)CC(=O)O. The predicted octanol–water partition coefficient (Wildman–Crippen LogP) is 4.73. The lowest BCUT2D eigenvalue weighted by atomic mass is 9.96. The van der Waals surface area contributed by atoms with Gasteiger partial charge in [0.1, 0.15) is 0 Å². The lowest BCUT2D eigenvalue weighted by Gasteiger charge is -2.13. The number of hydrogen-bond acceptors (Lipinski definition) is 4. The molecule has 1 N–H and O–H groups in total. The summed E-state index contributed by atoms with van der Waals surface area (Å²) in [6.07, 6.45) is 2.07. The first-order chi connectivity index (χ1) is 13.6. The number of hydrogen-bond donors (Lipinski definition) is 1. The van der Waals surface area contributed by atoms with Crippen LogP contribution < -0.4 is 0 Å². The van der Waals surface area contributed by atoms with E-state index in [0.29, 0.717) is 12.1 Å². The number of rotatable bonds is 7. The van der Waals surface area contributed by atoms with Gasteiger partial charge in [0.25, 0.3) is 0 Å². The number of carboxylic acids is 1. The highest BCUT2D eigenvalue weighted by Gasteiger charge is 2.09. The molecule has 3 aromatic rings. The van der Waals surface area contributed by atoms with Crippen molar-refractivity contribution < 1.29 is 9.90 Å². The van der Waals surface area contributed by atoms with E-state index in [2.05, 4.69) is 35.7 Å². The molecule has 0 fully saturated rings. The van der Waals surface area contributed by atoms with Gasteiger partial charge in [0.2, 0.25) is 0 Å². The van der Waals surface area contributed by atoms with E-state index >= 15 is 0 Å². The van der Waals surface area contributed by atoms with Crippen LogP contribution in [0.25, 0.3) is 16.7 Å². The Labute approximate surface area is 168 Å². The summed E-state index contributed by atoms with van der Waals surface area (Å²) >= 11 is 1.63. The zero-order chi connectivity index (χ0) is 19.9. The third-order valence-electron chi connectivity index (χ3n) is 4.37. The van der Waals surface area contributed by atoms with Crippen LogP contribution in [-0.2, 0) is 4.79 Å². The van der Waals surface area contributed by atoms with Crippen molar-refractivity contribution in [3.05, 3.63) is 88.1 Å². The third-order valence-corrected chi connectivity index (χ3v) is 5.05. The summed E-state index contributed by atoms with van der Waals surface area (Å²) in [6, 6.07) is 20.0. The van der Waals surface area contributed by atoms with E-state index in [1.807, 2.05) is 35.7 Å².